The quantitative estimate of drug-likeness (QED) is 0.770. The van der Waals surface area contributed by atoms with E-state index in [0.29, 0.717) is 17.1 Å². The maximum Gasteiger partial charge on any atom is 0.251 e. The van der Waals surface area contributed by atoms with E-state index in [0.717, 1.165) is 25.2 Å². The molecule has 5 nitrogen and oxygen atoms in total. The Bertz CT molecular complexity index is 786. The Labute approximate surface area is 164 Å². The van der Waals surface area contributed by atoms with Gasteiger partial charge >= 0.3 is 0 Å². The lowest BCUT2D eigenvalue weighted by molar-refractivity contribution is -0.120. The number of likely N-dealkylation sites (tertiary alicyclic amines) is 1. The number of nitrogens with one attached hydrogen (secondary N) is 2. The van der Waals surface area contributed by atoms with Gasteiger partial charge in [-0.3, -0.25) is 14.5 Å². The molecule has 1 fully saturated rings. The SMILES string of the molecule is O=C(CNC(=O)c1ccc(Cl)cc1)NCc1ccccc1CN1CCCC1. The van der Waals surface area contributed by atoms with Crippen LogP contribution < -0.4 is 10.6 Å². The summed E-state index contributed by atoms with van der Waals surface area (Å²) in [7, 11) is 0. The average molecular weight is 386 g/mol. The molecule has 1 aliphatic rings. The maximum atomic E-state index is 12.1. The van der Waals surface area contributed by atoms with Crippen LogP contribution in [0.1, 0.15) is 34.3 Å². The van der Waals surface area contributed by atoms with Gasteiger partial charge in [0.05, 0.1) is 6.54 Å². The third kappa shape index (κ3) is 5.81. The van der Waals surface area contributed by atoms with E-state index in [9.17, 15) is 9.59 Å². The van der Waals surface area contributed by atoms with Gasteiger partial charge in [-0.2, -0.15) is 0 Å². The van der Waals surface area contributed by atoms with Crippen molar-refractivity contribution in [3.05, 3.63) is 70.2 Å². The first-order valence-electron chi connectivity index (χ1n) is 9.21. The molecule has 0 aliphatic carbocycles. The van der Waals surface area contributed by atoms with E-state index in [1.165, 1.54) is 18.4 Å². The van der Waals surface area contributed by atoms with Gasteiger partial charge in [0.2, 0.25) is 5.91 Å². The Morgan fingerprint density at radius 2 is 1.59 bits per heavy atom. The van der Waals surface area contributed by atoms with E-state index in [4.69, 9.17) is 11.6 Å². The van der Waals surface area contributed by atoms with Gasteiger partial charge in [0.15, 0.2) is 0 Å². The lowest BCUT2D eigenvalue weighted by Crippen LogP contribution is -2.36. The predicted molar refractivity (Wildman–Crippen MR) is 107 cm³/mol. The van der Waals surface area contributed by atoms with Crippen LogP contribution in [-0.2, 0) is 17.9 Å². The van der Waals surface area contributed by atoms with Gasteiger partial charge in [0, 0.05) is 23.7 Å². The monoisotopic (exact) mass is 385 g/mol. The second kappa shape index (κ2) is 9.53. The third-order valence-corrected chi connectivity index (χ3v) is 4.95. The van der Waals surface area contributed by atoms with Crippen molar-refractivity contribution in [1.29, 1.82) is 0 Å². The zero-order chi connectivity index (χ0) is 19.1. The third-order valence-electron chi connectivity index (χ3n) is 4.70. The topological polar surface area (TPSA) is 61.4 Å². The van der Waals surface area contributed by atoms with E-state index in [1.54, 1.807) is 24.3 Å². The van der Waals surface area contributed by atoms with Gasteiger partial charge in [0.1, 0.15) is 0 Å². The Balaban J connectivity index is 1.47. The van der Waals surface area contributed by atoms with Crippen LogP contribution in [0.15, 0.2) is 48.5 Å². The van der Waals surface area contributed by atoms with Crippen molar-refractivity contribution < 1.29 is 9.59 Å². The van der Waals surface area contributed by atoms with E-state index in [-0.39, 0.29) is 18.4 Å². The summed E-state index contributed by atoms with van der Waals surface area (Å²) in [5.74, 6) is -0.510. The van der Waals surface area contributed by atoms with Crippen molar-refractivity contribution in [2.45, 2.75) is 25.9 Å². The van der Waals surface area contributed by atoms with E-state index in [2.05, 4.69) is 21.6 Å². The highest BCUT2D eigenvalue weighted by atomic mass is 35.5. The molecule has 2 amide bonds. The van der Waals surface area contributed by atoms with Crippen LogP contribution in [0, 0.1) is 0 Å². The molecule has 0 saturated carbocycles. The number of nitrogens with zero attached hydrogens (tertiary/aromatic N) is 1. The lowest BCUT2D eigenvalue weighted by Gasteiger charge is -2.17. The fourth-order valence-electron chi connectivity index (χ4n) is 3.19. The van der Waals surface area contributed by atoms with Crippen molar-refractivity contribution in [2.75, 3.05) is 19.6 Å². The number of carbonyl (C=O) groups is 2. The van der Waals surface area contributed by atoms with Crippen molar-refractivity contribution in [1.82, 2.24) is 15.5 Å². The maximum absolute atomic E-state index is 12.1. The predicted octanol–water partition coefficient (Wildman–Crippen LogP) is 2.98. The molecule has 0 aromatic heterocycles. The summed E-state index contributed by atoms with van der Waals surface area (Å²) >= 11 is 5.81. The number of carbonyl (C=O) groups excluding carboxylic acids is 2. The second-order valence-corrected chi connectivity index (χ2v) is 7.15. The number of rotatable bonds is 7. The van der Waals surface area contributed by atoms with Crippen LogP contribution in [0.25, 0.3) is 0 Å². The summed E-state index contributed by atoms with van der Waals surface area (Å²) in [6, 6.07) is 14.7. The van der Waals surface area contributed by atoms with E-state index >= 15 is 0 Å². The molecule has 142 valence electrons. The van der Waals surface area contributed by atoms with Crippen LogP contribution in [0.5, 0.6) is 0 Å². The Morgan fingerprint density at radius 1 is 0.926 bits per heavy atom. The number of hydrogen-bond donors (Lipinski definition) is 2. The first kappa shape index (κ1) is 19.4. The van der Waals surface area contributed by atoms with Crippen LogP contribution >= 0.6 is 11.6 Å². The summed E-state index contributed by atoms with van der Waals surface area (Å²) in [4.78, 5) is 26.6. The van der Waals surface area contributed by atoms with Crippen molar-refractivity contribution in [3.8, 4) is 0 Å². The van der Waals surface area contributed by atoms with Crippen LogP contribution in [0.4, 0.5) is 0 Å². The van der Waals surface area contributed by atoms with Gasteiger partial charge in [-0.25, -0.2) is 0 Å². The summed E-state index contributed by atoms with van der Waals surface area (Å²) < 4.78 is 0. The molecule has 2 aromatic carbocycles. The fourth-order valence-corrected chi connectivity index (χ4v) is 3.31. The van der Waals surface area contributed by atoms with E-state index < -0.39 is 0 Å². The average Bonchev–Trinajstić information content (AvgIpc) is 3.19. The molecule has 0 spiro atoms. The Morgan fingerprint density at radius 3 is 2.30 bits per heavy atom. The Hall–Kier alpha value is -2.37. The molecular formula is C21H24ClN3O2. The first-order chi connectivity index (χ1) is 13.1. The van der Waals surface area contributed by atoms with Crippen LogP contribution in [0.2, 0.25) is 5.02 Å². The molecule has 2 N–H and O–H groups in total. The molecule has 1 heterocycles. The lowest BCUT2D eigenvalue weighted by atomic mass is 10.1. The molecule has 0 bridgehead atoms. The molecule has 0 radical (unpaired) electrons. The van der Waals surface area contributed by atoms with Gasteiger partial charge < -0.3 is 10.6 Å². The summed E-state index contributed by atoms with van der Waals surface area (Å²) in [6.07, 6.45) is 2.51. The largest absolute Gasteiger partial charge is 0.350 e. The van der Waals surface area contributed by atoms with Crippen LogP contribution in [0.3, 0.4) is 0 Å². The minimum Gasteiger partial charge on any atom is -0.350 e. The second-order valence-electron chi connectivity index (χ2n) is 6.72. The van der Waals surface area contributed by atoms with E-state index in [1.807, 2.05) is 18.2 Å². The molecule has 1 saturated heterocycles. The highest BCUT2D eigenvalue weighted by Crippen LogP contribution is 2.16. The number of amides is 2. The highest BCUT2D eigenvalue weighted by Gasteiger charge is 2.14. The summed E-state index contributed by atoms with van der Waals surface area (Å²) in [5, 5.41) is 6.08. The van der Waals surface area contributed by atoms with Crippen molar-refractivity contribution >= 4 is 23.4 Å². The smallest absolute Gasteiger partial charge is 0.251 e. The van der Waals surface area contributed by atoms with Gasteiger partial charge in [0.25, 0.3) is 5.91 Å². The van der Waals surface area contributed by atoms with Gasteiger partial charge in [-0.05, 0) is 61.3 Å². The molecule has 1 aliphatic heterocycles. The minimum absolute atomic E-state index is 0.0598. The molecule has 27 heavy (non-hydrogen) atoms. The standard InChI is InChI=1S/C21H24ClN3O2/c22-19-9-7-16(8-10-19)21(27)24-14-20(26)23-13-17-5-1-2-6-18(17)15-25-11-3-4-12-25/h1-2,5-10H,3-4,11-15H2,(H,23,26)(H,24,27). The molecule has 3 rings (SSSR count). The van der Waals surface area contributed by atoms with Crippen molar-refractivity contribution in [2.24, 2.45) is 0 Å². The van der Waals surface area contributed by atoms with Crippen LogP contribution in [-0.4, -0.2) is 36.3 Å². The fraction of sp³-hybridized carbons (Fsp3) is 0.333. The van der Waals surface area contributed by atoms with Crippen molar-refractivity contribution in [3.63, 3.8) is 0 Å². The molecule has 2 aromatic rings. The zero-order valence-corrected chi connectivity index (χ0v) is 16.0. The molecular weight excluding hydrogens is 362 g/mol. The summed E-state index contributed by atoms with van der Waals surface area (Å²) in [6.45, 7) is 3.59. The number of halogens is 1. The normalized spacial score (nSPS) is 14.1. The first-order valence-corrected chi connectivity index (χ1v) is 9.59. The summed E-state index contributed by atoms with van der Waals surface area (Å²) in [5.41, 5.74) is 2.83. The highest BCUT2D eigenvalue weighted by molar-refractivity contribution is 6.30. The molecule has 0 atom stereocenters. The number of hydrogen-bond acceptors (Lipinski definition) is 3. The molecule has 6 heteroatoms. The zero-order valence-electron chi connectivity index (χ0n) is 15.2. The number of benzene rings is 2. The minimum atomic E-state index is -0.295. The molecule has 0 unspecified atom stereocenters. The Kier molecular flexibility index (Phi) is 6.85. The van der Waals surface area contributed by atoms with Gasteiger partial charge in [-0.1, -0.05) is 35.9 Å². The van der Waals surface area contributed by atoms with Gasteiger partial charge in [-0.15, -0.1) is 0 Å².